The number of benzene rings is 1. The van der Waals surface area contributed by atoms with E-state index >= 15 is 0 Å². The smallest absolute Gasteiger partial charge is 0.253 e. The van der Waals surface area contributed by atoms with E-state index in [2.05, 4.69) is 10.3 Å². The van der Waals surface area contributed by atoms with Crippen LogP contribution in [0.15, 0.2) is 36.5 Å². The molecular formula is C13H14N2O3. The second-order valence-corrected chi connectivity index (χ2v) is 3.93. The van der Waals surface area contributed by atoms with Gasteiger partial charge in [-0.05, 0) is 12.1 Å². The number of rotatable bonds is 4. The van der Waals surface area contributed by atoms with Gasteiger partial charge in [0.25, 0.3) is 5.91 Å². The third kappa shape index (κ3) is 2.64. The lowest BCUT2D eigenvalue weighted by atomic mass is 10.1. The summed E-state index contributed by atoms with van der Waals surface area (Å²) in [5, 5.41) is 21.3. The lowest BCUT2D eigenvalue weighted by Gasteiger charge is -2.10. The van der Waals surface area contributed by atoms with Crippen molar-refractivity contribution in [2.45, 2.75) is 6.10 Å². The van der Waals surface area contributed by atoms with Gasteiger partial charge >= 0.3 is 0 Å². The van der Waals surface area contributed by atoms with Crippen LogP contribution in [0.4, 0.5) is 0 Å². The van der Waals surface area contributed by atoms with Gasteiger partial charge in [0.05, 0.1) is 23.8 Å². The molecule has 18 heavy (non-hydrogen) atoms. The van der Waals surface area contributed by atoms with E-state index in [4.69, 9.17) is 5.11 Å². The number of nitrogens with zero attached hydrogens (tertiary/aromatic N) is 1. The molecule has 5 heteroatoms. The van der Waals surface area contributed by atoms with E-state index in [0.29, 0.717) is 11.1 Å². The summed E-state index contributed by atoms with van der Waals surface area (Å²) in [6.45, 7) is -0.368. The molecule has 0 fully saturated rings. The summed E-state index contributed by atoms with van der Waals surface area (Å²) >= 11 is 0. The Balaban J connectivity index is 2.22. The van der Waals surface area contributed by atoms with Crippen LogP contribution in [0.3, 0.4) is 0 Å². The molecule has 0 aliphatic heterocycles. The molecule has 0 saturated heterocycles. The van der Waals surface area contributed by atoms with E-state index < -0.39 is 6.10 Å². The van der Waals surface area contributed by atoms with Gasteiger partial charge in [-0.1, -0.05) is 18.2 Å². The topological polar surface area (TPSA) is 82.5 Å². The third-order valence-corrected chi connectivity index (χ3v) is 2.59. The lowest BCUT2D eigenvalue weighted by molar-refractivity contribution is 0.0803. The van der Waals surface area contributed by atoms with Crippen LogP contribution in [0.2, 0.25) is 0 Å². The molecule has 94 valence electrons. The van der Waals surface area contributed by atoms with Crippen molar-refractivity contribution in [2.75, 3.05) is 13.2 Å². The van der Waals surface area contributed by atoms with Crippen molar-refractivity contribution < 1.29 is 15.0 Å². The number of carbonyl (C=O) groups excluding carboxylic acids is 1. The van der Waals surface area contributed by atoms with Crippen LogP contribution in [0.25, 0.3) is 10.9 Å². The van der Waals surface area contributed by atoms with Gasteiger partial charge in [-0.25, -0.2) is 0 Å². The largest absolute Gasteiger partial charge is 0.394 e. The second kappa shape index (κ2) is 5.57. The maximum atomic E-state index is 11.9. The highest BCUT2D eigenvalue weighted by Gasteiger charge is 2.11. The molecule has 0 aliphatic rings. The molecule has 1 atom stereocenters. The van der Waals surface area contributed by atoms with Crippen molar-refractivity contribution in [3.05, 3.63) is 42.1 Å². The van der Waals surface area contributed by atoms with Crippen molar-refractivity contribution in [1.82, 2.24) is 10.3 Å². The van der Waals surface area contributed by atoms with Crippen molar-refractivity contribution in [3.63, 3.8) is 0 Å². The number of carbonyl (C=O) groups is 1. The average Bonchev–Trinajstić information content (AvgIpc) is 2.43. The molecular weight excluding hydrogens is 232 g/mol. The highest BCUT2D eigenvalue weighted by atomic mass is 16.3. The predicted octanol–water partition coefficient (Wildman–Crippen LogP) is 0.318. The molecule has 2 rings (SSSR count). The zero-order valence-electron chi connectivity index (χ0n) is 9.71. The number of hydrogen-bond acceptors (Lipinski definition) is 4. The minimum absolute atomic E-state index is 0.0125. The first-order chi connectivity index (χ1) is 8.72. The fraction of sp³-hybridized carbons (Fsp3) is 0.231. The van der Waals surface area contributed by atoms with Gasteiger partial charge in [0.2, 0.25) is 0 Å². The molecule has 1 aromatic carbocycles. The first-order valence-electron chi connectivity index (χ1n) is 5.63. The summed E-state index contributed by atoms with van der Waals surface area (Å²) in [5.74, 6) is -0.313. The predicted molar refractivity (Wildman–Crippen MR) is 67.2 cm³/mol. The molecule has 0 radical (unpaired) electrons. The number of aliphatic hydroxyl groups excluding tert-OH is 2. The molecule has 0 bridgehead atoms. The Morgan fingerprint density at radius 1 is 1.33 bits per heavy atom. The van der Waals surface area contributed by atoms with Gasteiger partial charge in [-0.3, -0.25) is 9.78 Å². The Morgan fingerprint density at radius 2 is 2.11 bits per heavy atom. The van der Waals surface area contributed by atoms with Crippen molar-refractivity contribution >= 4 is 16.8 Å². The molecule has 0 spiro atoms. The second-order valence-electron chi connectivity index (χ2n) is 3.93. The lowest BCUT2D eigenvalue weighted by Crippen LogP contribution is -2.34. The van der Waals surface area contributed by atoms with Gasteiger partial charge in [-0.15, -0.1) is 0 Å². The van der Waals surface area contributed by atoms with Gasteiger partial charge in [-0.2, -0.15) is 0 Å². The summed E-state index contributed by atoms with van der Waals surface area (Å²) in [5.41, 5.74) is 1.08. The number of aromatic nitrogens is 1. The van der Waals surface area contributed by atoms with E-state index in [1.165, 1.54) is 0 Å². The van der Waals surface area contributed by atoms with Crippen LogP contribution in [0.1, 0.15) is 10.4 Å². The molecule has 5 nitrogen and oxygen atoms in total. The van der Waals surface area contributed by atoms with Crippen LogP contribution >= 0.6 is 0 Å². The number of fused-ring (bicyclic) bond motifs is 1. The highest BCUT2D eigenvalue weighted by molar-refractivity contribution is 6.05. The third-order valence-electron chi connectivity index (χ3n) is 2.59. The molecule has 0 aliphatic carbocycles. The van der Waals surface area contributed by atoms with E-state index in [9.17, 15) is 9.90 Å². The molecule has 1 heterocycles. The SMILES string of the molecule is O=C(NCC(O)CO)c1cccc2cccnc12. The first kappa shape index (κ1) is 12.5. The zero-order valence-corrected chi connectivity index (χ0v) is 9.71. The first-order valence-corrected chi connectivity index (χ1v) is 5.63. The standard InChI is InChI=1S/C13H14N2O3/c16-8-10(17)7-15-13(18)11-5-1-3-9-4-2-6-14-12(9)11/h1-6,10,16-17H,7-8H2,(H,15,18). The summed E-state index contributed by atoms with van der Waals surface area (Å²) < 4.78 is 0. The molecule has 1 amide bonds. The molecule has 3 N–H and O–H groups in total. The normalized spacial score (nSPS) is 12.3. The van der Waals surface area contributed by atoms with E-state index in [0.717, 1.165) is 5.39 Å². The zero-order chi connectivity index (χ0) is 13.0. The monoisotopic (exact) mass is 246 g/mol. The number of hydrogen-bond donors (Lipinski definition) is 3. The van der Waals surface area contributed by atoms with Gasteiger partial charge in [0, 0.05) is 18.1 Å². The van der Waals surface area contributed by atoms with Gasteiger partial charge < -0.3 is 15.5 Å². The van der Waals surface area contributed by atoms with Crippen LogP contribution < -0.4 is 5.32 Å². The number of nitrogens with one attached hydrogen (secondary N) is 1. The van der Waals surface area contributed by atoms with Crippen molar-refractivity contribution in [1.29, 1.82) is 0 Å². The maximum absolute atomic E-state index is 11.9. The van der Waals surface area contributed by atoms with Crippen LogP contribution in [-0.4, -0.2) is 40.4 Å². The minimum atomic E-state index is -0.947. The van der Waals surface area contributed by atoms with Crippen LogP contribution in [0.5, 0.6) is 0 Å². The average molecular weight is 246 g/mol. The Hall–Kier alpha value is -1.98. The van der Waals surface area contributed by atoms with Crippen LogP contribution in [0, 0.1) is 0 Å². The Labute approximate surface area is 104 Å². The van der Waals surface area contributed by atoms with E-state index in [1.807, 2.05) is 12.1 Å². The number of para-hydroxylation sites is 1. The van der Waals surface area contributed by atoms with Gasteiger partial charge in [0.1, 0.15) is 0 Å². The fourth-order valence-corrected chi connectivity index (χ4v) is 1.66. The van der Waals surface area contributed by atoms with E-state index in [-0.39, 0.29) is 19.1 Å². The quantitative estimate of drug-likeness (QED) is 0.725. The number of aliphatic hydroxyl groups is 2. The van der Waals surface area contributed by atoms with Crippen molar-refractivity contribution in [2.24, 2.45) is 0 Å². The number of amides is 1. The number of pyridine rings is 1. The van der Waals surface area contributed by atoms with Crippen molar-refractivity contribution in [3.8, 4) is 0 Å². The summed E-state index contributed by atoms with van der Waals surface area (Å²) in [6.07, 6.45) is 0.679. The molecule has 0 saturated carbocycles. The maximum Gasteiger partial charge on any atom is 0.253 e. The summed E-state index contributed by atoms with van der Waals surface area (Å²) in [7, 11) is 0. The summed E-state index contributed by atoms with van der Waals surface area (Å²) in [6, 6.07) is 9.01. The Kier molecular flexibility index (Phi) is 3.86. The van der Waals surface area contributed by atoms with E-state index in [1.54, 1.807) is 24.4 Å². The molecule has 2 aromatic rings. The minimum Gasteiger partial charge on any atom is -0.394 e. The molecule has 1 unspecified atom stereocenters. The fourth-order valence-electron chi connectivity index (χ4n) is 1.66. The molecule has 1 aromatic heterocycles. The van der Waals surface area contributed by atoms with Gasteiger partial charge in [0.15, 0.2) is 0 Å². The Bertz CT molecular complexity index is 551. The van der Waals surface area contributed by atoms with Crippen LogP contribution in [-0.2, 0) is 0 Å². The summed E-state index contributed by atoms with van der Waals surface area (Å²) in [4.78, 5) is 16.1. The Morgan fingerprint density at radius 3 is 2.89 bits per heavy atom. The highest BCUT2D eigenvalue weighted by Crippen LogP contribution is 2.15.